The average molecular weight is 339 g/mol. The molecule has 2 nitrogen and oxygen atoms in total. The fourth-order valence-electron chi connectivity index (χ4n) is 2.63. The zero-order chi connectivity index (χ0) is 13.6. The molecule has 0 spiro atoms. The van der Waals surface area contributed by atoms with E-state index in [1.807, 2.05) is 11.3 Å². The number of thiazole rings is 1. The Balaban J connectivity index is 1.73. The molecule has 1 fully saturated rings. The molecule has 0 bridgehead atoms. The minimum atomic E-state index is 0.636. The number of halogens is 1. The van der Waals surface area contributed by atoms with Crippen LogP contribution in [-0.2, 0) is 0 Å². The summed E-state index contributed by atoms with van der Waals surface area (Å²) in [6.07, 6.45) is 2.52. The van der Waals surface area contributed by atoms with Gasteiger partial charge in [-0.2, -0.15) is 0 Å². The lowest BCUT2D eigenvalue weighted by molar-refractivity contribution is 0.108. The quantitative estimate of drug-likeness (QED) is 0.809. The fourth-order valence-corrected chi connectivity index (χ4v) is 4.28. The summed E-state index contributed by atoms with van der Waals surface area (Å²) >= 11 is 5.38. The molecule has 2 aromatic rings. The van der Waals surface area contributed by atoms with Gasteiger partial charge in [-0.25, -0.2) is 4.98 Å². The second-order valence-electron chi connectivity index (χ2n) is 5.75. The van der Waals surface area contributed by atoms with Crippen molar-refractivity contribution in [3.8, 4) is 0 Å². The van der Waals surface area contributed by atoms with Crippen molar-refractivity contribution in [2.75, 3.05) is 7.05 Å². The minimum absolute atomic E-state index is 0.636. The number of hydrogen-bond donors (Lipinski definition) is 0. The Labute approximate surface area is 127 Å². The molecule has 1 aliphatic carbocycles. The fraction of sp³-hybridized carbons (Fsp3) is 0.533. The first-order valence-electron chi connectivity index (χ1n) is 6.82. The number of benzene rings is 1. The van der Waals surface area contributed by atoms with Gasteiger partial charge in [0.05, 0.1) is 15.2 Å². The highest BCUT2D eigenvalue weighted by molar-refractivity contribution is 9.10. The number of fused-ring (bicyclic) bond motifs is 1. The highest BCUT2D eigenvalue weighted by atomic mass is 79.9. The van der Waals surface area contributed by atoms with Crippen LogP contribution in [0.1, 0.15) is 37.6 Å². The van der Waals surface area contributed by atoms with Crippen LogP contribution in [0.5, 0.6) is 0 Å². The lowest BCUT2D eigenvalue weighted by atomic mass is 9.79. The van der Waals surface area contributed by atoms with E-state index in [0.29, 0.717) is 12.0 Å². The van der Waals surface area contributed by atoms with Gasteiger partial charge in [-0.1, -0.05) is 15.9 Å². The molecular formula is C15H19BrN2S. The number of aromatic nitrogens is 1. The van der Waals surface area contributed by atoms with Gasteiger partial charge in [-0.05, 0) is 51.9 Å². The predicted molar refractivity (Wildman–Crippen MR) is 86.0 cm³/mol. The van der Waals surface area contributed by atoms with Gasteiger partial charge in [0.2, 0.25) is 0 Å². The Morgan fingerprint density at radius 2 is 2.11 bits per heavy atom. The van der Waals surface area contributed by atoms with Gasteiger partial charge in [0.1, 0.15) is 0 Å². The molecule has 0 N–H and O–H groups in total. The number of hydrogen-bond acceptors (Lipinski definition) is 3. The summed E-state index contributed by atoms with van der Waals surface area (Å²) in [5.41, 5.74) is 1.14. The normalized spacial score (nSPS) is 23.3. The highest BCUT2D eigenvalue weighted by Gasteiger charge is 2.35. The van der Waals surface area contributed by atoms with E-state index in [0.717, 1.165) is 16.0 Å². The van der Waals surface area contributed by atoms with Gasteiger partial charge in [0.15, 0.2) is 0 Å². The SMILES string of the molecule is CC(C)N(C)[C@H]1C[C@@H](c2nc3ccc(Br)cc3s2)C1. The largest absolute Gasteiger partial charge is 0.301 e. The molecular weight excluding hydrogens is 320 g/mol. The van der Waals surface area contributed by atoms with Crippen LogP contribution >= 0.6 is 27.3 Å². The first-order chi connectivity index (χ1) is 9.04. The van der Waals surface area contributed by atoms with Gasteiger partial charge in [0, 0.05) is 22.5 Å². The number of nitrogens with zero attached hydrogens (tertiary/aromatic N) is 2. The van der Waals surface area contributed by atoms with Crippen LogP contribution in [0.2, 0.25) is 0 Å². The Hall–Kier alpha value is -0.450. The Kier molecular flexibility index (Phi) is 3.67. The summed E-state index contributed by atoms with van der Waals surface area (Å²) in [5, 5.41) is 1.32. The second-order valence-corrected chi connectivity index (χ2v) is 7.72. The van der Waals surface area contributed by atoms with Gasteiger partial charge in [0.25, 0.3) is 0 Å². The van der Waals surface area contributed by atoms with Gasteiger partial charge >= 0.3 is 0 Å². The van der Waals surface area contributed by atoms with Crippen LogP contribution in [0.25, 0.3) is 10.2 Å². The summed E-state index contributed by atoms with van der Waals surface area (Å²) in [4.78, 5) is 7.28. The van der Waals surface area contributed by atoms with Gasteiger partial charge in [-0.3, -0.25) is 0 Å². The molecule has 1 aromatic heterocycles. The van der Waals surface area contributed by atoms with E-state index in [2.05, 4.69) is 59.9 Å². The molecule has 0 aliphatic heterocycles. The highest BCUT2D eigenvalue weighted by Crippen LogP contribution is 2.42. The summed E-state index contributed by atoms with van der Waals surface area (Å²) in [7, 11) is 2.24. The van der Waals surface area contributed by atoms with E-state index in [9.17, 15) is 0 Å². The van der Waals surface area contributed by atoms with Crippen molar-refractivity contribution < 1.29 is 0 Å². The van der Waals surface area contributed by atoms with Crippen molar-refractivity contribution >= 4 is 37.5 Å². The van der Waals surface area contributed by atoms with Crippen LogP contribution in [0, 0.1) is 0 Å². The zero-order valence-corrected chi connectivity index (χ0v) is 14.0. The maximum atomic E-state index is 4.79. The summed E-state index contributed by atoms with van der Waals surface area (Å²) in [6.45, 7) is 4.53. The van der Waals surface area contributed by atoms with E-state index in [1.54, 1.807) is 0 Å². The van der Waals surface area contributed by atoms with Gasteiger partial charge < -0.3 is 4.90 Å². The van der Waals surface area contributed by atoms with E-state index in [1.165, 1.54) is 22.5 Å². The third-order valence-corrected chi connectivity index (χ3v) is 5.89. The first kappa shape index (κ1) is 13.5. The van der Waals surface area contributed by atoms with E-state index in [-0.39, 0.29) is 0 Å². The molecule has 1 aliphatic rings. The maximum absolute atomic E-state index is 4.79. The van der Waals surface area contributed by atoms with Crippen molar-refractivity contribution in [2.24, 2.45) is 0 Å². The molecule has 0 amide bonds. The van der Waals surface area contributed by atoms with Crippen molar-refractivity contribution in [3.63, 3.8) is 0 Å². The van der Waals surface area contributed by atoms with Crippen LogP contribution in [0.3, 0.4) is 0 Å². The second kappa shape index (κ2) is 5.15. The molecule has 1 aromatic carbocycles. The molecule has 0 atom stereocenters. The van der Waals surface area contributed by atoms with Gasteiger partial charge in [-0.15, -0.1) is 11.3 Å². The van der Waals surface area contributed by atoms with E-state index in [4.69, 9.17) is 4.98 Å². The zero-order valence-electron chi connectivity index (χ0n) is 11.6. The monoisotopic (exact) mass is 338 g/mol. The minimum Gasteiger partial charge on any atom is -0.301 e. The lowest BCUT2D eigenvalue weighted by Crippen LogP contribution is -2.44. The molecule has 19 heavy (non-hydrogen) atoms. The summed E-state index contributed by atoms with van der Waals surface area (Å²) < 4.78 is 2.44. The summed E-state index contributed by atoms with van der Waals surface area (Å²) in [5.74, 6) is 0.669. The first-order valence-corrected chi connectivity index (χ1v) is 8.43. The number of rotatable bonds is 3. The molecule has 102 valence electrons. The van der Waals surface area contributed by atoms with Crippen molar-refractivity contribution in [1.29, 1.82) is 0 Å². The predicted octanol–water partition coefficient (Wildman–Crippen LogP) is 4.65. The summed E-state index contributed by atoms with van der Waals surface area (Å²) in [6, 6.07) is 7.73. The Morgan fingerprint density at radius 3 is 2.79 bits per heavy atom. The smallest absolute Gasteiger partial charge is 0.0970 e. The van der Waals surface area contributed by atoms with Crippen molar-refractivity contribution in [3.05, 3.63) is 27.7 Å². The Bertz CT molecular complexity index is 587. The molecule has 4 heteroatoms. The topological polar surface area (TPSA) is 16.1 Å². The van der Waals surface area contributed by atoms with Crippen LogP contribution < -0.4 is 0 Å². The molecule has 3 rings (SSSR count). The molecule has 0 saturated heterocycles. The average Bonchev–Trinajstić information content (AvgIpc) is 2.69. The van der Waals surface area contributed by atoms with E-state index >= 15 is 0 Å². The Morgan fingerprint density at radius 1 is 1.37 bits per heavy atom. The standard InChI is InChI=1S/C15H19BrN2S/c1-9(2)18(3)12-6-10(7-12)15-17-13-5-4-11(16)8-14(13)19-15/h4-5,8-10,12H,6-7H2,1-3H3/t10-,12+. The third kappa shape index (κ3) is 2.58. The molecule has 1 heterocycles. The van der Waals surface area contributed by atoms with Crippen molar-refractivity contribution in [1.82, 2.24) is 9.88 Å². The molecule has 1 saturated carbocycles. The molecule has 0 unspecified atom stereocenters. The van der Waals surface area contributed by atoms with E-state index < -0.39 is 0 Å². The third-order valence-electron chi connectivity index (χ3n) is 4.22. The van der Waals surface area contributed by atoms with Crippen LogP contribution in [0.4, 0.5) is 0 Å². The van der Waals surface area contributed by atoms with Crippen molar-refractivity contribution in [2.45, 2.75) is 44.7 Å². The maximum Gasteiger partial charge on any atom is 0.0970 e. The van der Waals surface area contributed by atoms with Crippen LogP contribution in [0.15, 0.2) is 22.7 Å². The lowest BCUT2D eigenvalue weighted by Gasteiger charge is -2.42. The van der Waals surface area contributed by atoms with Crippen LogP contribution in [-0.4, -0.2) is 29.0 Å². The molecule has 0 radical (unpaired) electrons.